The number of halogens is 6. The molecule has 1 aliphatic rings. The van der Waals surface area contributed by atoms with E-state index in [1.165, 1.54) is 0 Å². The second-order valence-electron chi connectivity index (χ2n) is 3.33. The topological polar surface area (TPSA) is 46.5 Å². The third-order valence-corrected chi connectivity index (χ3v) is 2.26. The second-order valence-corrected chi connectivity index (χ2v) is 3.33. The first-order valence-electron chi connectivity index (χ1n) is 4.14. The zero-order chi connectivity index (χ0) is 13.6. The van der Waals surface area contributed by atoms with E-state index in [2.05, 4.69) is 11.3 Å². The molecular weight excluding hydrogens is 258 g/mol. The summed E-state index contributed by atoms with van der Waals surface area (Å²) in [6, 6.07) is 0. The van der Waals surface area contributed by atoms with Crippen LogP contribution in [-0.2, 0) is 9.53 Å². The largest absolute Gasteiger partial charge is 0.449 e. The highest BCUT2D eigenvalue weighted by molar-refractivity contribution is 5.81. The number of aliphatic hydroxyl groups excluding tert-OH is 1. The molecule has 98 valence electrons. The van der Waals surface area contributed by atoms with Crippen LogP contribution in [0.25, 0.3) is 0 Å². The summed E-state index contributed by atoms with van der Waals surface area (Å²) in [5.74, 6) is -18.2. The zero-order valence-electron chi connectivity index (χ0n) is 7.97. The molecule has 0 spiro atoms. The number of hydrogen-bond acceptors (Lipinski definition) is 3. The van der Waals surface area contributed by atoms with Crippen molar-refractivity contribution in [3.05, 3.63) is 12.7 Å². The van der Waals surface area contributed by atoms with Crippen molar-refractivity contribution in [3.8, 4) is 0 Å². The Balaban J connectivity index is 3.16. The summed E-state index contributed by atoms with van der Waals surface area (Å²) in [5, 5.41) is 8.71. The van der Waals surface area contributed by atoms with Crippen LogP contribution >= 0.6 is 0 Å². The lowest BCUT2D eigenvalue weighted by molar-refractivity contribution is -0.286. The molecule has 0 aromatic rings. The molecule has 0 radical (unpaired) electrons. The Labute approximate surface area is 90.7 Å². The van der Waals surface area contributed by atoms with Crippen molar-refractivity contribution in [2.24, 2.45) is 0 Å². The number of esters is 1. The van der Waals surface area contributed by atoms with Crippen molar-refractivity contribution in [1.82, 2.24) is 0 Å². The lowest BCUT2D eigenvalue weighted by Gasteiger charge is -2.23. The van der Waals surface area contributed by atoms with E-state index >= 15 is 0 Å². The molecule has 0 saturated heterocycles. The summed E-state index contributed by atoms with van der Waals surface area (Å²) >= 11 is 0. The molecule has 17 heavy (non-hydrogen) atoms. The van der Waals surface area contributed by atoms with E-state index in [-0.39, 0.29) is 0 Å². The molecule has 3 nitrogen and oxygen atoms in total. The third-order valence-electron chi connectivity index (χ3n) is 2.26. The predicted molar refractivity (Wildman–Crippen MR) is 40.9 cm³/mol. The van der Waals surface area contributed by atoms with E-state index in [9.17, 15) is 31.1 Å². The molecule has 1 N–H and O–H groups in total. The Morgan fingerprint density at radius 3 is 1.94 bits per heavy atom. The third kappa shape index (κ3) is 1.60. The zero-order valence-corrected chi connectivity index (χ0v) is 7.97. The van der Waals surface area contributed by atoms with Crippen LogP contribution in [0.3, 0.4) is 0 Å². The molecule has 0 unspecified atom stereocenters. The monoisotopic (exact) mass is 264 g/mol. The number of carbonyl (C=O) groups excluding carboxylic acids is 1. The van der Waals surface area contributed by atoms with Gasteiger partial charge < -0.3 is 9.84 Å². The molecule has 0 heterocycles. The number of aliphatic hydroxyl groups is 1. The van der Waals surface area contributed by atoms with Gasteiger partial charge >= 0.3 is 23.7 Å². The van der Waals surface area contributed by atoms with E-state index in [0.717, 1.165) is 0 Å². The van der Waals surface area contributed by atoms with Gasteiger partial charge in [0.2, 0.25) is 6.10 Å². The van der Waals surface area contributed by atoms with Gasteiger partial charge in [-0.05, 0) is 0 Å². The van der Waals surface area contributed by atoms with Gasteiger partial charge in [0, 0.05) is 6.08 Å². The Morgan fingerprint density at radius 1 is 1.18 bits per heavy atom. The summed E-state index contributed by atoms with van der Waals surface area (Å²) in [6.07, 6.45) is -6.52. The molecule has 0 aromatic carbocycles. The normalized spacial score (nSPS) is 33.1. The number of hydrogen-bond donors (Lipinski definition) is 1. The SMILES string of the molecule is C=CC(=O)O[C@H]1[C@@H](O)C(F)(F)C(F)(F)C1(F)F. The molecule has 1 rings (SSSR count). The van der Waals surface area contributed by atoms with Crippen molar-refractivity contribution in [1.29, 1.82) is 0 Å². The van der Waals surface area contributed by atoms with E-state index < -0.39 is 35.9 Å². The Kier molecular flexibility index (Phi) is 2.94. The van der Waals surface area contributed by atoms with Crippen molar-refractivity contribution < 1.29 is 41.0 Å². The Hall–Kier alpha value is -1.25. The van der Waals surface area contributed by atoms with Crippen molar-refractivity contribution in [3.63, 3.8) is 0 Å². The van der Waals surface area contributed by atoms with E-state index in [1.54, 1.807) is 0 Å². The number of ether oxygens (including phenoxy) is 1. The highest BCUT2D eigenvalue weighted by atomic mass is 19.3. The molecule has 0 amide bonds. The molecule has 2 atom stereocenters. The van der Waals surface area contributed by atoms with Gasteiger partial charge in [-0.1, -0.05) is 6.58 Å². The van der Waals surface area contributed by atoms with Gasteiger partial charge in [-0.2, -0.15) is 26.3 Å². The van der Waals surface area contributed by atoms with Crippen LogP contribution < -0.4 is 0 Å². The Morgan fingerprint density at radius 2 is 1.65 bits per heavy atom. The van der Waals surface area contributed by atoms with Crippen molar-refractivity contribution in [2.45, 2.75) is 30.0 Å². The number of alkyl halides is 6. The molecule has 0 aliphatic heterocycles. The summed E-state index contributed by atoms with van der Waals surface area (Å²) in [5.41, 5.74) is 0. The summed E-state index contributed by atoms with van der Waals surface area (Å²) in [4.78, 5) is 10.5. The Bertz CT molecular complexity index is 353. The smallest absolute Gasteiger partial charge is 0.378 e. The molecule has 0 bridgehead atoms. The number of rotatable bonds is 2. The first-order chi connectivity index (χ1) is 7.50. The van der Waals surface area contributed by atoms with E-state index in [4.69, 9.17) is 5.11 Å². The predicted octanol–water partition coefficient (Wildman–Crippen LogP) is 1.36. The number of carbonyl (C=O) groups is 1. The van der Waals surface area contributed by atoms with Crippen LogP contribution in [-0.4, -0.2) is 41.1 Å². The van der Waals surface area contributed by atoms with Crippen LogP contribution in [0.15, 0.2) is 12.7 Å². The first-order valence-corrected chi connectivity index (χ1v) is 4.14. The van der Waals surface area contributed by atoms with Crippen molar-refractivity contribution >= 4 is 5.97 Å². The van der Waals surface area contributed by atoms with Gasteiger partial charge in [-0.15, -0.1) is 0 Å². The van der Waals surface area contributed by atoms with Gasteiger partial charge in [0.1, 0.15) is 0 Å². The van der Waals surface area contributed by atoms with Crippen LogP contribution in [0.5, 0.6) is 0 Å². The maximum atomic E-state index is 12.9. The van der Waals surface area contributed by atoms with Crippen LogP contribution in [0.4, 0.5) is 26.3 Å². The highest BCUT2D eigenvalue weighted by Crippen LogP contribution is 2.57. The summed E-state index contributed by atoms with van der Waals surface area (Å²) in [6.45, 7) is 2.77. The first kappa shape index (κ1) is 13.8. The molecule has 1 aliphatic carbocycles. The standard InChI is InChI=1S/C8H6F6O3/c1-2-3(15)17-5-4(16)6(9,10)8(13,14)7(5,11)12/h2,4-5,16H,1H2/t4-,5+/m1/s1. The van der Waals surface area contributed by atoms with E-state index in [1.807, 2.05) is 0 Å². The van der Waals surface area contributed by atoms with Crippen molar-refractivity contribution in [2.75, 3.05) is 0 Å². The quantitative estimate of drug-likeness (QED) is 0.465. The fraction of sp³-hybridized carbons (Fsp3) is 0.625. The molecule has 1 fully saturated rings. The van der Waals surface area contributed by atoms with Gasteiger partial charge in [0.15, 0.2) is 6.10 Å². The maximum Gasteiger partial charge on any atom is 0.378 e. The lowest BCUT2D eigenvalue weighted by atomic mass is 10.2. The minimum absolute atomic E-state index is 0.317. The van der Waals surface area contributed by atoms with E-state index in [0.29, 0.717) is 6.08 Å². The van der Waals surface area contributed by atoms with Crippen LogP contribution in [0.2, 0.25) is 0 Å². The van der Waals surface area contributed by atoms with Gasteiger partial charge in [-0.25, -0.2) is 4.79 Å². The van der Waals surface area contributed by atoms with Gasteiger partial charge in [0.05, 0.1) is 0 Å². The molecule has 1 saturated carbocycles. The minimum Gasteiger partial charge on any atom is -0.449 e. The average Bonchev–Trinajstić information content (AvgIpc) is 2.29. The molecule has 9 heteroatoms. The second kappa shape index (κ2) is 3.62. The summed E-state index contributed by atoms with van der Waals surface area (Å²) in [7, 11) is 0. The molecular formula is C8H6F6O3. The molecule has 0 aromatic heterocycles. The fourth-order valence-corrected chi connectivity index (χ4v) is 1.29. The summed E-state index contributed by atoms with van der Waals surface area (Å²) < 4.78 is 80.3. The maximum absolute atomic E-state index is 12.9. The van der Waals surface area contributed by atoms with Crippen LogP contribution in [0.1, 0.15) is 0 Å². The fourth-order valence-electron chi connectivity index (χ4n) is 1.29. The highest BCUT2D eigenvalue weighted by Gasteiger charge is 2.86. The van der Waals surface area contributed by atoms with Gasteiger partial charge in [0.25, 0.3) is 0 Å². The van der Waals surface area contributed by atoms with Crippen LogP contribution in [0, 0.1) is 0 Å². The average molecular weight is 264 g/mol. The lowest BCUT2D eigenvalue weighted by Crippen LogP contribution is -2.50. The minimum atomic E-state index is -5.81. The van der Waals surface area contributed by atoms with Gasteiger partial charge in [-0.3, -0.25) is 0 Å².